The summed E-state index contributed by atoms with van der Waals surface area (Å²) < 4.78 is 0. The molecule has 1 heterocycles. The fourth-order valence-corrected chi connectivity index (χ4v) is 2.89. The van der Waals surface area contributed by atoms with Crippen molar-refractivity contribution in [3.63, 3.8) is 0 Å². The molecule has 0 radical (unpaired) electrons. The van der Waals surface area contributed by atoms with Gasteiger partial charge in [-0.1, -0.05) is 19.3 Å². The minimum absolute atomic E-state index is 0.237. The molecule has 1 fully saturated rings. The average molecular weight is 239 g/mol. The third kappa shape index (κ3) is 2.76. The van der Waals surface area contributed by atoms with Crippen LogP contribution in [0.4, 0.5) is 5.00 Å². The highest BCUT2D eigenvalue weighted by molar-refractivity contribution is 7.14. The van der Waals surface area contributed by atoms with Crippen LogP contribution in [0, 0.1) is 0 Å². The number of rotatable bonds is 3. The van der Waals surface area contributed by atoms with E-state index in [2.05, 4.69) is 0 Å². The minimum atomic E-state index is -0.237. The summed E-state index contributed by atoms with van der Waals surface area (Å²) in [5.74, 6) is -0.237. The van der Waals surface area contributed by atoms with Crippen molar-refractivity contribution in [3.05, 3.63) is 17.5 Å². The van der Waals surface area contributed by atoms with Crippen LogP contribution in [-0.2, 0) is 9.63 Å². The quantitative estimate of drug-likeness (QED) is 0.757. The summed E-state index contributed by atoms with van der Waals surface area (Å²) in [6.07, 6.45) is 5.99. The molecule has 0 unspecified atom stereocenters. The number of anilines is 1. The van der Waals surface area contributed by atoms with Crippen LogP contribution in [0.1, 0.15) is 39.0 Å². The van der Waals surface area contributed by atoms with Crippen LogP contribution in [0.2, 0.25) is 0 Å². The Kier molecular flexibility index (Phi) is 3.83. The zero-order valence-electron chi connectivity index (χ0n) is 9.52. The van der Waals surface area contributed by atoms with Crippen molar-refractivity contribution in [2.24, 2.45) is 0 Å². The molecule has 1 saturated carbocycles. The lowest BCUT2D eigenvalue weighted by Gasteiger charge is -2.32. The highest BCUT2D eigenvalue weighted by Gasteiger charge is 2.24. The van der Waals surface area contributed by atoms with Gasteiger partial charge in [0.15, 0.2) is 0 Å². The molecule has 0 aromatic carbocycles. The molecule has 16 heavy (non-hydrogen) atoms. The van der Waals surface area contributed by atoms with Crippen LogP contribution >= 0.6 is 11.3 Å². The summed E-state index contributed by atoms with van der Waals surface area (Å²) in [6, 6.07) is 4.35. The zero-order chi connectivity index (χ0) is 11.4. The van der Waals surface area contributed by atoms with E-state index in [0.717, 1.165) is 17.8 Å². The standard InChI is InChI=1S/C12H17NO2S/c1-10(14)15-13(12-8-5-9-16-12)11-6-3-2-4-7-11/h5,8-9,11H,2-4,6-7H2,1H3. The molecular weight excluding hydrogens is 222 g/mol. The Bertz CT molecular complexity index is 331. The molecule has 0 aliphatic heterocycles. The molecule has 3 nitrogen and oxygen atoms in total. The molecule has 0 amide bonds. The van der Waals surface area contributed by atoms with Crippen molar-refractivity contribution >= 4 is 22.3 Å². The molecule has 2 rings (SSSR count). The normalized spacial score (nSPS) is 17.1. The van der Waals surface area contributed by atoms with Gasteiger partial charge >= 0.3 is 5.97 Å². The van der Waals surface area contributed by atoms with Crippen LogP contribution < -0.4 is 5.06 Å². The van der Waals surface area contributed by atoms with Gasteiger partial charge in [-0.2, -0.15) is 5.06 Å². The molecule has 4 heteroatoms. The number of carbonyl (C=O) groups excluding carboxylic acids is 1. The second-order valence-corrected chi connectivity index (χ2v) is 5.08. The first-order chi connectivity index (χ1) is 7.77. The van der Waals surface area contributed by atoms with Gasteiger partial charge in [-0.05, 0) is 30.4 Å². The van der Waals surface area contributed by atoms with Gasteiger partial charge in [-0.25, -0.2) is 0 Å². The first kappa shape index (κ1) is 11.5. The number of hydroxylamine groups is 1. The highest BCUT2D eigenvalue weighted by atomic mass is 32.1. The van der Waals surface area contributed by atoms with Crippen molar-refractivity contribution in [1.29, 1.82) is 0 Å². The summed E-state index contributed by atoms with van der Waals surface area (Å²) in [6.45, 7) is 1.46. The lowest BCUT2D eigenvalue weighted by atomic mass is 9.95. The summed E-state index contributed by atoms with van der Waals surface area (Å²) in [7, 11) is 0. The summed E-state index contributed by atoms with van der Waals surface area (Å²) >= 11 is 1.62. The van der Waals surface area contributed by atoms with Crippen LogP contribution in [0.15, 0.2) is 17.5 Å². The van der Waals surface area contributed by atoms with Crippen molar-refractivity contribution in [2.75, 3.05) is 5.06 Å². The summed E-state index contributed by atoms with van der Waals surface area (Å²) in [5.41, 5.74) is 0. The molecule has 0 N–H and O–H groups in total. The second-order valence-electron chi connectivity index (χ2n) is 4.15. The van der Waals surface area contributed by atoms with E-state index >= 15 is 0 Å². The monoisotopic (exact) mass is 239 g/mol. The Morgan fingerprint density at radius 2 is 2.19 bits per heavy atom. The molecule has 88 valence electrons. The van der Waals surface area contributed by atoms with Gasteiger partial charge < -0.3 is 4.84 Å². The Morgan fingerprint density at radius 1 is 1.44 bits per heavy atom. The van der Waals surface area contributed by atoms with Crippen LogP contribution in [0.5, 0.6) is 0 Å². The van der Waals surface area contributed by atoms with E-state index < -0.39 is 0 Å². The number of hydrogen-bond acceptors (Lipinski definition) is 4. The summed E-state index contributed by atoms with van der Waals surface area (Å²) in [5, 5.41) is 4.85. The molecule has 0 bridgehead atoms. The van der Waals surface area contributed by atoms with E-state index in [9.17, 15) is 4.79 Å². The van der Waals surface area contributed by atoms with Crippen LogP contribution in [0.25, 0.3) is 0 Å². The van der Waals surface area contributed by atoms with E-state index in [4.69, 9.17) is 4.84 Å². The van der Waals surface area contributed by atoms with Gasteiger partial charge in [0.25, 0.3) is 0 Å². The number of hydrogen-bond donors (Lipinski definition) is 0. The first-order valence-corrected chi connectivity index (χ1v) is 6.66. The van der Waals surface area contributed by atoms with E-state index in [-0.39, 0.29) is 5.97 Å². The minimum Gasteiger partial charge on any atom is -0.340 e. The third-order valence-corrected chi connectivity index (χ3v) is 3.71. The van der Waals surface area contributed by atoms with Gasteiger partial charge in [0, 0.05) is 6.92 Å². The largest absolute Gasteiger partial charge is 0.340 e. The topological polar surface area (TPSA) is 29.5 Å². The van der Waals surface area contributed by atoms with Crippen molar-refractivity contribution in [3.8, 4) is 0 Å². The molecule has 1 aromatic heterocycles. The van der Waals surface area contributed by atoms with Gasteiger partial charge in [-0.15, -0.1) is 11.3 Å². The fraction of sp³-hybridized carbons (Fsp3) is 0.583. The zero-order valence-corrected chi connectivity index (χ0v) is 10.3. The molecule has 0 atom stereocenters. The Morgan fingerprint density at radius 3 is 2.75 bits per heavy atom. The number of thiophene rings is 1. The Labute approximate surface area is 100.0 Å². The van der Waals surface area contributed by atoms with E-state index in [1.165, 1.54) is 26.2 Å². The fourth-order valence-electron chi connectivity index (χ4n) is 2.15. The first-order valence-electron chi connectivity index (χ1n) is 5.78. The van der Waals surface area contributed by atoms with Crippen molar-refractivity contribution < 1.29 is 9.63 Å². The predicted octanol–water partition coefficient (Wildman–Crippen LogP) is 3.37. The van der Waals surface area contributed by atoms with Crippen molar-refractivity contribution in [2.45, 2.75) is 45.1 Å². The third-order valence-electron chi connectivity index (χ3n) is 2.86. The maximum Gasteiger partial charge on any atom is 0.329 e. The van der Waals surface area contributed by atoms with Gasteiger partial charge in [-0.3, -0.25) is 4.79 Å². The molecular formula is C12H17NO2S. The molecule has 1 aliphatic rings. The smallest absolute Gasteiger partial charge is 0.329 e. The Balaban J connectivity index is 2.10. The van der Waals surface area contributed by atoms with Crippen LogP contribution in [-0.4, -0.2) is 12.0 Å². The molecule has 1 aromatic rings. The predicted molar refractivity (Wildman–Crippen MR) is 65.4 cm³/mol. The van der Waals surface area contributed by atoms with E-state index in [1.807, 2.05) is 22.6 Å². The van der Waals surface area contributed by atoms with E-state index in [1.54, 1.807) is 11.3 Å². The van der Waals surface area contributed by atoms with Gasteiger partial charge in [0.2, 0.25) is 0 Å². The lowest BCUT2D eigenvalue weighted by molar-refractivity contribution is -0.143. The number of nitrogens with zero attached hydrogens (tertiary/aromatic N) is 1. The van der Waals surface area contributed by atoms with Gasteiger partial charge in [0.05, 0.1) is 6.04 Å². The molecule has 1 aliphatic carbocycles. The number of carbonyl (C=O) groups is 1. The highest BCUT2D eigenvalue weighted by Crippen LogP contribution is 2.30. The maximum absolute atomic E-state index is 11.1. The average Bonchev–Trinajstić information content (AvgIpc) is 2.80. The molecule has 0 saturated heterocycles. The Hall–Kier alpha value is -1.03. The SMILES string of the molecule is CC(=O)ON(c1cccs1)C1CCCCC1. The molecule has 0 spiro atoms. The lowest BCUT2D eigenvalue weighted by Crippen LogP contribution is -2.37. The summed E-state index contributed by atoms with van der Waals surface area (Å²) in [4.78, 5) is 16.5. The van der Waals surface area contributed by atoms with Crippen molar-refractivity contribution in [1.82, 2.24) is 0 Å². The maximum atomic E-state index is 11.1. The van der Waals surface area contributed by atoms with Gasteiger partial charge in [0.1, 0.15) is 5.00 Å². The second kappa shape index (κ2) is 5.34. The van der Waals surface area contributed by atoms with Crippen LogP contribution in [0.3, 0.4) is 0 Å². The van der Waals surface area contributed by atoms with E-state index in [0.29, 0.717) is 6.04 Å².